The maximum Gasteiger partial charge on any atom is 0.264 e. The van der Waals surface area contributed by atoms with Crippen molar-refractivity contribution >= 4 is 39.1 Å². The van der Waals surface area contributed by atoms with E-state index >= 15 is 0 Å². The van der Waals surface area contributed by atoms with Gasteiger partial charge in [-0.3, -0.25) is 13.9 Å². The lowest BCUT2D eigenvalue weighted by Crippen LogP contribution is -2.54. The van der Waals surface area contributed by atoms with Gasteiger partial charge in [-0.1, -0.05) is 109 Å². The molecule has 0 bridgehead atoms. The maximum absolute atomic E-state index is 14.6. The average Bonchev–Trinajstić information content (AvgIpc) is 3.57. The van der Waals surface area contributed by atoms with Crippen LogP contribution >= 0.6 is 11.6 Å². The van der Waals surface area contributed by atoms with Crippen molar-refractivity contribution < 1.29 is 18.0 Å². The topological polar surface area (TPSA) is 86.8 Å². The summed E-state index contributed by atoms with van der Waals surface area (Å²) in [5.74, 6) is -0.742. The molecule has 1 fully saturated rings. The van der Waals surface area contributed by atoms with Crippen molar-refractivity contribution in [1.82, 2.24) is 10.2 Å². The van der Waals surface area contributed by atoms with E-state index in [1.807, 2.05) is 67.6 Å². The van der Waals surface area contributed by atoms with Gasteiger partial charge in [0, 0.05) is 24.0 Å². The Hall–Kier alpha value is -4.14. The molecular weight excluding hydrogens is 618 g/mol. The molecule has 1 atom stereocenters. The minimum absolute atomic E-state index is 0.0481. The first kappa shape index (κ1) is 33.2. The minimum Gasteiger partial charge on any atom is -0.352 e. The molecule has 1 unspecified atom stereocenters. The highest BCUT2D eigenvalue weighted by Crippen LogP contribution is 2.30. The number of benzene rings is 4. The van der Waals surface area contributed by atoms with E-state index in [9.17, 15) is 18.0 Å². The van der Waals surface area contributed by atoms with Crippen LogP contribution in [0.4, 0.5) is 5.69 Å². The van der Waals surface area contributed by atoms with Crippen molar-refractivity contribution in [1.29, 1.82) is 0 Å². The van der Waals surface area contributed by atoms with Crippen molar-refractivity contribution in [2.24, 2.45) is 0 Å². The van der Waals surface area contributed by atoms with Crippen LogP contribution in [0.15, 0.2) is 108 Å². The fourth-order valence-electron chi connectivity index (χ4n) is 5.90. The van der Waals surface area contributed by atoms with Crippen LogP contribution in [-0.2, 0) is 32.6 Å². The summed E-state index contributed by atoms with van der Waals surface area (Å²) in [5, 5.41) is 3.54. The SMILES string of the molecule is Cc1ccc(S(=O)(=O)N(CC(=O)N(Cc2ccccc2)C(Cc2ccccc2)C(=O)NC2CCCC2)c2cc(Cl)ccc2C)cc1. The Morgan fingerprint density at radius 3 is 2.09 bits per heavy atom. The zero-order valence-corrected chi connectivity index (χ0v) is 27.8. The molecule has 5 rings (SSSR count). The molecule has 0 aliphatic heterocycles. The fraction of sp³-hybridized carbons (Fsp3) is 0.297. The smallest absolute Gasteiger partial charge is 0.264 e. The number of hydrogen-bond donors (Lipinski definition) is 1. The van der Waals surface area contributed by atoms with Gasteiger partial charge in [-0.15, -0.1) is 0 Å². The Bertz CT molecular complexity index is 1740. The Morgan fingerprint density at radius 1 is 0.848 bits per heavy atom. The summed E-state index contributed by atoms with van der Waals surface area (Å²) >= 11 is 6.38. The number of amides is 2. The molecule has 7 nitrogen and oxygen atoms in total. The maximum atomic E-state index is 14.6. The van der Waals surface area contributed by atoms with Crippen molar-refractivity contribution in [2.45, 2.75) is 69.5 Å². The summed E-state index contributed by atoms with van der Waals surface area (Å²) in [6.45, 7) is 3.26. The lowest BCUT2D eigenvalue weighted by Gasteiger charge is -2.34. The molecule has 4 aromatic rings. The fourth-order valence-corrected chi connectivity index (χ4v) is 7.54. The summed E-state index contributed by atoms with van der Waals surface area (Å²) in [4.78, 5) is 30.3. The van der Waals surface area contributed by atoms with Crippen LogP contribution in [-0.4, -0.2) is 43.8 Å². The highest BCUT2D eigenvalue weighted by Gasteiger charge is 2.36. The van der Waals surface area contributed by atoms with Gasteiger partial charge in [-0.25, -0.2) is 8.42 Å². The molecule has 0 spiro atoms. The largest absolute Gasteiger partial charge is 0.352 e. The summed E-state index contributed by atoms with van der Waals surface area (Å²) in [6.07, 6.45) is 4.16. The van der Waals surface area contributed by atoms with Crippen LogP contribution < -0.4 is 9.62 Å². The van der Waals surface area contributed by atoms with Gasteiger partial charge < -0.3 is 10.2 Å². The quantitative estimate of drug-likeness (QED) is 0.181. The number of aryl methyl sites for hydroxylation is 2. The molecule has 4 aromatic carbocycles. The minimum atomic E-state index is -4.21. The Morgan fingerprint density at radius 2 is 1.46 bits per heavy atom. The second-order valence-corrected chi connectivity index (χ2v) is 14.3. The molecule has 1 N–H and O–H groups in total. The highest BCUT2D eigenvalue weighted by atomic mass is 35.5. The van der Waals surface area contributed by atoms with Crippen molar-refractivity contribution in [2.75, 3.05) is 10.8 Å². The normalized spacial score (nSPS) is 14.1. The number of halogens is 1. The number of carbonyl (C=O) groups excluding carboxylic acids is 2. The molecule has 1 saturated carbocycles. The summed E-state index contributed by atoms with van der Waals surface area (Å²) in [5.41, 5.74) is 3.58. The van der Waals surface area contributed by atoms with Gasteiger partial charge in [-0.2, -0.15) is 0 Å². The van der Waals surface area contributed by atoms with E-state index in [0.717, 1.165) is 46.7 Å². The van der Waals surface area contributed by atoms with Crippen LogP contribution in [0.3, 0.4) is 0 Å². The molecule has 0 saturated heterocycles. The van der Waals surface area contributed by atoms with Gasteiger partial charge >= 0.3 is 0 Å². The van der Waals surface area contributed by atoms with Gasteiger partial charge in [0.1, 0.15) is 12.6 Å². The zero-order valence-electron chi connectivity index (χ0n) is 26.2. The van der Waals surface area contributed by atoms with Gasteiger partial charge in [0.15, 0.2) is 0 Å². The molecular formula is C37H40ClN3O4S. The third kappa shape index (κ3) is 8.17. The van der Waals surface area contributed by atoms with Gasteiger partial charge in [-0.05, 0) is 67.6 Å². The third-order valence-corrected chi connectivity index (χ3v) is 10.5. The second kappa shape index (κ2) is 15.0. The first-order valence-corrected chi connectivity index (χ1v) is 17.5. The number of carbonyl (C=O) groups is 2. The van der Waals surface area contributed by atoms with E-state index in [1.165, 1.54) is 17.0 Å². The number of anilines is 1. The van der Waals surface area contributed by atoms with Crippen LogP contribution in [0.25, 0.3) is 0 Å². The lowest BCUT2D eigenvalue weighted by atomic mass is 10.0. The molecule has 0 heterocycles. The van der Waals surface area contributed by atoms with Crippen molar-refractivity contribution in [3.63, 3.8) is 0 Å². The van der Waals surface area contributed by atoms with Crippen LogP contribution in [0.1, 0.15) is 47.9 Å². The summed E-state index contributed by atoms with van der Waals surface area (Å²) in [6, 6.07) is 29.7. The van der Waals surface area contributed by atoms with E-state index in [-0.39, 0.29) is 29.8 Å². The molecule has 1 aliphatic rings. The second-order valence-electron chi connectivity index (χ2n) is 12.0. The van der Waals surface area contributed by atoms with E-state index in [2.05, 4.69) is 5.32 Å². The summed E-state index contributed by atoms with van der Waals surface area (Å²) in [7, 11) is -4.21. The molecule has 46 heavy (non-hydrogen) atoms. The van der Waals surface area contributed by atoms with E-state index < -0.39 is 28.5 Å². The van der Waals surface area contributed by atoms with Crippen LogP contribution in [0, 0.1) is 13.8 Å². The number of nitrogens with zero attached hydrogens (tertiary/aromatic N) is 2. The molecule has 9 heteroatoms. The van der Waals surface area contributed by atoms with Gasteiger partial charge in [0.25, 0.3) is 10.0 Å². The van der Waals surface area contributed by atoms with Crippen LogP contribution in [0.2, 0.25) is 5.02 Å². The lowest BCUT2D eigenvalue weighted by molar-refractivity contribution is -0.140. The first-order valence-electron chi connectivity index (χ1n) is 15.6. The molecule has 2 amide bonds. The first-order chi connectivity index (χ1) is 22.1. The molecule has 0 aromatic heterocycles. The van der Waals surface area contributed by atoms with Gasteiger partial charge in [0.2, 0.25) is 11.8 Å². The zero-order chi connectivity index (χ0) is 32.7. The summed E-state index contributed by atoms with van der Waals surface area (Å²) < 4.78 is 29.7. The number of nitrogens with one attached hydrogen (secondary N) is 1. The average molecular weight is 658 g/mol. The number of sulfonamides is 1. The van der Waals surface area contributed by atoms with Crippen molar-refractivity contribution in [3.05, 3.63) is 130 Å². The molecule has 240 valence electrons. The Labute approximate surface area is 277 Å². The van der Waals surface area contributed by atoms with E-state index in [1.54, 1.807) is 37.3 Å². The predicted octanol–water partition coefficient (Wildman–Crippen LogP) is 6.85. The third-order valence-electron chi connectivity index (χ3n) is 8.50. The van der Waals surface area contributed by atoms with E-state index in [0.29, 0.717) is 16.3 Å². The molecule has 1 aliphatic carbocycles. The monoisotopic (exact) mass is 657 g/mol. The highest BCUT2D eigenvalue weighted by molar-refractivity contribution is 7.92. The Kier molecular flexibility index (Phi) is 10.8. The standard InChI is InChI=1S/C37H40ClN3O4S/c1-27-17-21-33(22-18-27)46(44,45)41(34-24-31(38)20-19-28(34)2)26-36(42)40(25-30-13-7-4-8-14-30)35(23-29-11-5-3-6-12-29)37(43)39-32-15-9-10-16-32/h3-8,11-14,17-22,24,32,35H,9-10,15-16,23,25-26H2,1-2H3,(H,39,43). The molecule has 0 radical (unpaired) electrons. The van der Waals surface area contributed by atoms with E-state index in [4.69, 9.17) is 11.6 Å². The van der Waals surface area contributed by atoms with Crippen molar-refractivity contribution in [3.8, 4) is 0 Å². The number of rotatable bonds is 12. The van der Waals surface area contributed by atoms with Crippen LogP contribution in [0.5, 0.6) is 0 Å². The predicted molar refractivity (Wildman–Crippen MR) is 183 cm³/mol. The number of hydrogen-bond acceptors (Lipinski definition) is 4. The van der Waals surface area contributed by atoms with Gasteiger partial charge in [0.05, 0.1) is 10.6 Å². The Balaban J connectivity index is 1.58.